The van der Waals surface area contributed by atoms with E-state index in [1.165, 1.54) is 32.7 Å². The predicted octanol–water partition coefficient (Wildman–Crippen LogP) is 13.9. The summed E-state index contributed by atoms with van der Waals surface area (Å²) in [6.07, 6.45) is 3.68. The van der Waals surface area contributed by atoms with Crippen LogP contribution in [0.4, 0.5) is 0 Å². The second-order valence-electron chi connectivity index (χ2n) is 16.0. The predicted molar refractivity (Wildman–Crippen MR) is 227 cm³/mol. The van der Waals surface area contributed by atoms with Crippen molar-refractivity contribution in [3.8, 4) is 33.6 Å². The number of rotatable bonds is 3. The van der Waals surface area contributed by atoms with Gasteiger partial charge in [0.1, 0.15) is 5.58 Å². The van der Waals surface area contributed by atoms with Gasteiger partial charge in [-0.3, -0.25) is 0 Å². The molecule has 4 heteroatoms. The van der Waals surface area contributed by atoms with Crippen LogP contribution in [0.1, 0.15) is 62.3 Å². The van der Waals surface area contributed by atoms with E-state index in [4.69, 9.17) is 8.53 Å². The Morgan fingerprint density at radius 2 is 1.27 bits per heavy atom. The first-order chi connectivity index (χ1) is 27.1. The van der Waals surface area contributed by atoms with Crippen molar-refractivity contribution in [1.82, 2.24) is 9.97 Å². The molecule has 0 spiro atoms. The molecule has 0 bridgehead atoms. The molecule has 3 nitrogen and oxygen atoms in total. The molecule has 0 fully saturated rings. The van der Waals surface area contributed by atoms with E-state index >= 15 is 0 Å². The van der Waals surface area contributed by atoms with Gasteiger partial charge in [-0.1, -0.05) is 144 Å². The second kappa shape index (κ2) is 15.0. The smallest absolute Gasteiger partial charge is 0.121 e. The first-order valence-electron chi connectivity index (χ1n) is 19.9. The van der Waals surface area contributed by atoms with Crippen LogP contribution in [0, 0.1) is 19.0 Å². The standard InChI is InChI=1S/C29H22NO.C22H22N.Ir/c1-29(2,3)20-13-14-30-26(16-20)23-10-6-9-22-25-15-19-12-11-18-7-4-5-8-21(18)24(19)17-27(25)31-28(22)23;1-16-10-11-18(14-20(16)17-8-6-5-7-9-17)21-15-19(12-13-23-21)22(2,3)4;/h4-9,11-17H,1-3H3;5-10,12-15H,1-4H3;/q2*-1;/i;1D3;. The van der Waals surface area contributed by atoms with Crippen LogP contribution in [0.3, 0.4) is 0 Å². The molecule has 6 aromatic carbocycles. The van der Waals surface area contributed by atoms with Crippen molar-refractivity contribution in [1.29, 1.82) is 0 Å². The maximum absolute atomic E-state index is 7.85. The van der Waals surface area contributed by atoms with Crippen LogP contribution in [0.15, 0.2) is 144 Å². The molecule has 1 radical (unpaired) electrons. The molecule has 55 heavy (non-hydrogen) atoms. The molecule has 0 aliphatic heterocycles. The van der Waals surface area contributed by atoms with E-state index in [9.17, 15) is 0 Å². The minimum atomic E-state index is -2.19. The second-order valence-corrected chi connectivity index (χ2v) is 16.0. The Kier molecular flexibility index (Phi) is 9.32. The van der Waals surface area contributed by atoms with E-state index < -0.39 is 6.85 Å². The monoisotopic (exact) mass is 896 g/mol. The molecule has 0 aliphatic rings. The van der Waals surface area contributed by atoms with Crippen molar-refractivity contribution < 1.29 is 28.6 Å². The third-order valence-electron chi connectivity index (χ3n) is 10.1. The summed E-state index contributed by atoms with van der Waals surface area (Å²) in [7, 11) is 0. The summed E-state index contributed by atoms with van der Waals surface area (Å²) < 4.78 is 30.0. The van der Waals surface area contributed by atoms with Crippen molar-refractivity contribution in [2.75, 3.05) is 0 Å². The van der Waals surface area contributed by atoms with Crippen LogP contribution >= 0.6 is 0 Å². The van der Waals surface area contributed by atoms with Crippen LogP contribution in [0.2, 0.25) is 0 Å². The normalized spacial score (nSPS) is 12.8. The summed E-state index contributed by atoms with van der Waals surface area (Å²) in [5, 5.41) is 7.14. The van der Waals surface area contributed by atoms with Gasteiger partial charge in [-0.05, 0) is 84.7 Å². The summed E-state index contributed by atoms with van der Waals surface area (Å²) in [6.45, 7) is 10.9. The van der Waals surface area contributed by atoms with Gasteiger partial charge in [-0.2, -0.15) is 0 Å². The molecular weight excluding hydrogens is 849 g/mol. The number of aryl methyl sites for hydroxylation is 1. The molecule has 9 aromatic rings. The number of hydrogen-bond donors (Lipinski definition) is 0. The van der Waals surface area contributed by atoms with Crippen molar-refractivity contribution in [3.05, 3.63) is 169 Å². The van der Waals surface area contributed by atoms with Crippen LogP contribution in [0.5, 0.6) is 0 Å². The minimum absolute atomic E-state index is 0. The Morgan fingerprint density at radius 1 is 0.600 bits per heavy atom. The minimum Gasteiger partial charge on any atom is -0.501 e. The SMILES string of the molecule is CC(C)(C)c1ccnc(-c2[c-]ccc3c2oc2cc4c(ccc5ccccc54)cc23)c1.[2H]C([2H])([2H])c1c[c-]c(-c2cc(C(C)(C)C)ccn2)cc1-c1ccccc1.[Ir]. The van der Waals surface area contributed by atoms with Gasteiger partial charge in [0.05, 0.1) is 5.58 Å². The fraction of sp³-hybridized carbons (Fsp3) is 0.176. The number of aromatic nitrogens is 2. The average Bonchev–Trinajstić information content (AvgIpc) is 3.57. The van der Waals surface area contributed by atoms with E-state index in [1.807, 2.05) is 54.7 Å². The Balaban J connectivity index is 0.000000177. The van der Waals surface area contributed by atoms with E-state index in [1.54, 1.807) is 12.3 Å². The molecule has 3 aromatic heterocycles. The number of fused-ring (bicyclic) bond motifs is 6. The van der Waals surface area contributed by atoms with E-state index in [0.717, 1.165) is 50.0 Å². The van der Waals surface area contributed by atoms with Gasteiger partial charge < -0.3 is 14.4 Å². The average molecular weight is 896 g/mol. The summed E-state index contributed by atoms with van der Waals surface area (Å²) >= 11 is 0. The van der Waals surface area contributed by atoms with Crippen molar-refractivity contribution in [2.24, 2.45) is 0 Å². The van der Waals surface area contributed by atoms with Crippen molar-refractivity contribution in [2.45, 2.75) is 59.2 Å². The van der Waals surface area contributed by atoms with Gasteiger partial charge >= 0.3 is 0 Å². The summed E-state index contributed by atoms with van der Waals surface area (Å²) in [6, 6.07) is 49.2. The fourth-order valence-electron chi connectivity index (χ4n) is 7.01. The molecule has 0 amide bonds. The molecule has 0 aliphatic carbocycles. The number of nitrogens with zero attached hydrogens (tertiary/aromatic N) is 2. The Morgan fingerprint density at radius 3 is 2.00 bits per heavy atom. The zero-order valence-electron chi connectivity index (χ0n) is 34.9. The van der Waals surface area contributed by atoms with Gasteiger partial charge in [-0.25, -0.2) is 0 Å². The van der Waals surface area contributed by atoms with Gasteiger partial charge in [0, 0.05) is 42.0 Å². The van der Waals surface area contributed by atoms with Crippen LogP contribution in [-0.2, 0) is 30.9 Å². The van der Waals surface area contributed by atoms with Gasteiger partial charge in [0.15, 0.2) is 0 Å². The quantitative estimate of drug-likeness (QED) is 0.131. The van der Waals surface area contributed by atoms with Gasteiger partial charge in [-0.15, -0.1) is 47.5 Å². The maximum atomic E-state index is 7.85. The van der Waals surface area contributed by atoms with Crippen LogP contribution in [-0.4, -0.2) is 9.97 Å². The molecule has 0 atom stereocenters. The van der Waals surface area contributed by atoms with E-state index in [2.05, 4.69) is 136 Å². The summed E-state index contributed by atoms with van der Waals surface area (Å²) in [5.74, 6) is 0. The zero-order valence-corrected chi connectivity index (χ0v) is 34.3. The number of pyridine rings is 2. The topological polar surface area (TPSA) is 38.9 Å². The third kappa shape index (κ3) is 7.63. The van der Waals surface area contributed by atoms with Gasteiger partial charge in [0.25, 0.3) is 0 Å². The van der Waals surface area contributed by atoms with Crippen LogP contribution in [0.25, 0.3) is 77.1 Å². The Labute approximate surface area is 342 Å². The molecule has 0 unspecified atom stereocenters. The third-order valence-corrected chi connectivity index (χ3v) is 10.1. The molecule has 9 rings (SSSR count). The summed E-state index contributed by atoms with van der Waals surface area (Å²) in [5.41, 5.74) is 9.50. The fourth-order valence-corrected chi connectivity index (χ4v) is 7.01. The zero-order chi connectivity index (χ0) is 40.1. The van der Waals surface area contributed by atoms with E-state index in [-0.39, 0.29) is 30.9 Å². The van der Waals surface area contributed by atoms with E-state index in [0.29, 0.717) is 11.1 Å². The van der Waals surface area contributed by atoms with Crippen molar-refractivity contribution >= 4 is 43.5 Å². The maximum Gasteiger partial charge on any atom is 0.121 e. The Bertz CT molecular complexity index is 2920. The first kappa shape index (κ1) is 34.1. The van der Waals surface area contributed by atoms with Crippen molar-refractivity contribution in [3.63, 3.8) is 0 Å². The molecular formula is C51H44IrN2O-2. The molecule has 0 saturated heterocycles. The largest absolute Gasteiger partial charge is 0.501 e. The molecule has 0 saturated carbocycles. The molecule has 3 heterocycles. The van der Waals surface area contributed by atoms with Gasteiger partial charge in [0.2, 0.25) is 0 Å². The molecule has 275 valence electrons. The number of hydrogen-bond acceptors (Lipinski definition) is 3. The number of furan rings is 1. The molecule has 0 N–H and O–H groups in total. The Hall–Kier alpha value is -5.41. The first-order valence-corrected chi connectivity index (χ1v) is 18.4. The van der Waals surface area contributed by atoms with Crippen LogP contribution < -0.4 is 0 Å². The summed E-state index contributed by atoms with van der Waals surface area (Å²) in [4.78, 5) is 9.13. The number of benzene rings is 6.